The molecule has 2 rings (SSSR count). The third-order valence-electron chi connectivity index (χ3n) is 3.45. The molecule has 0 fully saturated rings. The van der Waals surface area contributed by atoms with Crippen LogP contribution in [0, 0.1) is 10.1 Å². The van der Waals surface area contributed by atoms with Crippen molar-refractivity contribution in [2.75, 3.05) is 25.0 Å². The lowest BCUT2D eigenvalue weighted by Gasteiger charge is -2.15. The summed E-state index contributed by atoms with van der Waals surface area (Å²) in [6.45, 7) is 4.29. The zero-order chi connectivity index (χ0) is 20.0. The summed E-state index contributed by atoms with van der Waals surface area (Å²) in [6, 6.07) is 8.05. The summed E-state index contributed by atoms with van der Waals surface area (Å²) < 4.78 is 44.0. The average molecular weight is 396 g/mol. The van der Waals surface area contributed by atoms with E-state index in [1.54, 1.807) is 26.0 Å². The predicted octanol–water partition coefficient (Wildman–Crippen LogP) is 3.20. The number of non-ortho nitro benzene ring substituents is 1. The summed E-state index contributed by atoms with van der Waals surface area (Å²) in [5.41, 5.74) is -0.222. The molecule has 1 N–H and O–H groups in total. The number of ether oxygens (including phenoxy) is 3. The van der Waals surface area contributed by atoms with Gasteiger partial charge in [-0.05, 0) is 32.0 Å². The van der Waals surface area contributed by atoms with Crippen molar-refractivity contribution in [3.05, 3.63) is 46.5 Å². The fraction of sp³-hybridized carbons (Fsp3) is 0.294. The smallest absolute Gasteiger partial charge is 0.271 e. The van der Waals surface area contributed by atoms with Crippen molar-refractivity contribution in [2.24, 2.45) is 0 Å². The highest BCUT2D eigenvalue weighted by Crippen LogP contribution is 2.34. The molecule has 0 saturated carbocycles. The maximum absolute atomic E-state index is 12.9. The van der Waals surface area contributed by atoms with E-state index in [1.165, 1.54) is 25.3 Å². The number of nitro groups is 1. The molecule has 0 saturated heterocycles. The van der Waals surface area contributed by atoms with Crippen molar-refractivity contribution >= 4 is 21.4 Å². The molecule has 0 atom stereocenters. The summed E-state index contributed by atoms with van der Waals surface area (Å²) in [7, 11) is -2.92. The van der Waals surface area contributed by atoms with Gasteiger partial charge in [-0.3, -0.25) is 14.8 Å². The van der Waals surface area contributed by atoms with E-state index in [9.17, 15) is 18.5 Å². The number of rotatable bonds is 9. The maximum Gasteiger partial charge on any atom is 0.271 e. The highest BCUT2D eigenvalue weighted by atomic mass is 32.2. The minimum atomic E-state index is -4.20. The van der Waals surface area contributed by atoms with Crippen molar-refractivity contribution in [1.82, 2.24) is 0 Å². The van der Waals surface area contributed by atoms with Gasteiger partial charge in [0, 0.05) is 18.2 Å². The number of methoxy groups -OCH3 is 1. The minimum absolute atomic E-state index is 0.0213. The third kappa shape index (κ3) is 4.79. The van der Waals surface area contributed by atoms with Gasteiger partial charge in [0.15, 0.2) is 0 Å². The Morgan fingerprint density at radius 1 is 1.04 bits per heavy atom. The third-order valence-corrected chi connectivity index (χ3v) is 4.84. The molecule has 0 heterocycles. The second-order valence-electron chi connectivity index (χ2n) is 5.22. The van der Waals surface area contributed by atoms with Crippen LogP contribution in [0.3, 0.4) is 0 Å². The number of benzene rings is 2. The quantitative estimate of drug-likeness (QED) is 0.511. The van der Waals surface area contributed by atoms with Crippen LogP contribution in [0.1, 0.15) is 13.8 Å². The average Bonchev–Trinajstić information content (AvgIpc) is 2.63. The van der Waals surface area contributed by atoms with Crippen LogP contribution >= 0.6 is 0 Å². The highest BCUT2D eigenvalue weighted by Gasteiger charge is 2.24. The molecule has 0 unspecified atom stereocenters. The first-order valence-corrected chi connectivity index (χ1v) is 9.55. The first-order valence-electron chi connectivity index (χ1n) is 8.07. The van der Waals surface area contributed by atoms with Gasteiger partial charge in [0.05, 0.1) is 30.9 Å². The van der Waals surface area contributed by atoms with E-state index in [4.69, 9.17) is 14.2 Å². The van der Waals surface area contributed by atoms with E-state index < -0.39 is 14.9 Å². The van der Waals surface area contributed by atoms with Gasteiger partial charge in [-0.15, -0.1) is 0 Å². The fourth-order valence-corrected chi connectivity index (χ4v) is 3.57. The molecular formula is C17H20N2O7S. The van der Waals surface area contributed by atoms with Crippen LogP contribution in [0.2, 0.25) is 0 Å². The molecule has 146 valence electrons. The Morgan fingerprint density at radius 2 is 1.70 bits per heavy atom. The van der Waals surface area contributed by atoms with Crippen molar-refractivity contribution < 1.29 is 27.6 Å². The van der Waals surface area contributed by atoms with Gasteiger partial charge in [0.25, 0.3) is 15.7 Å². The molecule has 2 aromatic carbocycles. The molecule has 0 spiro atoms. The Kier molecular flexibility index (Phi) is 6.45. The molecule has 9 nitrogen and oxygen atoms in total. The molecule has 0 amide bonds. The van der Waals surface area contributed by atoms with Crippen LogP contribution in [0.25, 0.3) is 0 Å². The second kappa shape index (κ2) is 8.58. The summed E-state index contributed by atoms with van der Waals surface area (Å²) >= 11 is 0. The number of sulfonamides is 1. The second-order valence-corrected chi connectivity index (χ2v) is 6.87. The van der Waals surface area contributed by atoms with Crippen molar-refractivity contribution in [1.29, 1.82) is 0 Å². The van der Waals surface area contributed by atoms with Crippen molar-refractivity contribution in [3.8, 4) is 17.2 Å². The topological polar surface area (TPSA) is 117 Å². The van der Waals surface area contributed by atoms with Gasteiger partial charge in [-0.1, -0.05) is 0 Å². The molecule has 2 aromatic rings. The molecule has 0 aliphatic carbocycles. The van der Waals surface area contributed by atoms with Gasteiger partial charge in [-0.2, -0.15) is 0 Å². The SMILES string of the molecule is CCOc1ccc(OCC)c(NS(=O)(=O)c2cc([N+](=O)[O-])ccc2OC)c1. The van der Waals surface area contributed by atoms with E-state index in [2.05, 4.69) is 4.72 Å². The fourth-order valence-electron chi connectivity index (χ4n) is 2.32. The lowest BCUT2D eigenvalue weighted by molar-refractivity contribution is -0.385. The Bertz CT molecular complexity index is 929. The maximum atomic E-state index is 12.9. The van der Waals surface area contributed by atoms with E-state index in [0.29, 0.717) is 24.7 Å². The van der Waals surface area contributed by atoms with Crippen LogP contribution in [-0.2, 0) is 10.0 Å². The van der Waals surface area contributed by atoms with E-state index in [-0.39, 0.29) is 22.0 Å². The zero-order valence-electron chi connectivity index (χ0n) is 15.1. The normalized spacial score (nSPS) is 10.9. The van der Waals surface area contributed by atoms with Crippen LogP contribution < -0.4 is 18.9 Å². The number of hydrogen-bond acceptors (Lipinski definition) is 7. The Morgan fingerprint density at radius 3 is 2.30 bits per heavy atom. The summed E-state index contributed by atoms with van der Waals surface area (Å²) in [5.74, 6) is 0.727. The van der Waals surface area contributed by atoms with Gasteiger partial charge < -0.3 is 14.2 Å². The Hall–Kier alpha value is -3.01. The standard InChI is InChI=1S/C17H20N2O7S/c1-4-25-13-7-9-15(26-5-2)14(11-13)18-27(22,23)17-10-12(19(20)21)6-8-16(17)24-3/h6-11,18H,4-5H2,1-3H3. The first-order chi connectivity index (χ1) is 12.8. The molecule has 10 heteroatoms. The first kappa shape index (κ1) is 20.3. The molecule has 0 aliphatic heterocycles. The van der Waals surface area contributed by atoms with E-state index in [0.717, 1.165) is 6.07 Å². The highest BCUT2D eigenvalue weighted by molar-refractivity contribution is 7.92. The summed E-state index contributed by atoms with van der Waals surface area (Å²) in [5, 5.41) is 11.0. The number of nitrogens with zero attached hydrogens (tertiary/aromatic N) is 1. The van der Waals surface area contributed by atoms with Gasteiger partial charge in [0.1, 0.15) is 22.1 Å². The van der Waals surface area contributed by atoms with E-state index >= 15 is 0 Å². The largest absolute Gasteiger partial charge is 0.495 e. The number of anilines is 1. The van der Waals surface area contributed by atoms with Crippen molar-refractivity contribution in [2.45, 2.75) is 18.7 Å². The molecule has 0 aliphatic rings. The molecule has 0 aromatic heterocycles. The molecule has 0 radical (unpaired) electrons. The summed E-state index contributed by atoms with van der Waals surface area (Å²) in [6.07, 6.45) is 0. The minimum Gasteiger partial charge on any atom is -0.495 e. The molecular weight excluding hydrogens is 376 g/mol. The lowest BCUT2D eigenvalue weighted by Crippen LogP contribution is -2.15. The van der Waals surface area contributed by atoms with Gasteiger partial charge in [-0.25, -0.2) is 8.42 Å². The van der Waals surface area contributed by atoms with Crippen LogP contribution in [0.4, 0.5) is 11.4 Å². The van der Waals surface area contributed by atoms with E-state index in [1.807, 2.05) is 0 Å². The monoisotopic (exact) mass is 396 g/mol. The van der Waals surface area contributed by atoms with Crippen LogP contribution in [0.15, 0.2) is 41.3 Å². The van der Waals surface area contributed by atoms with Crippen molar-refractivity contribution in [3.63, 3.8) is 0 Å². The predicted molar refractivity (Wildman–Crippen MR) is 99.2 cm³/mol. The number of hydrogen-bond donors (Lipinski definition) is 1. The Balaban J connectivity index is 2.51. The molecule has 27 heavy (non-hydrogen) atoms. The van der Waals surface area contributed by atoms with Gasteiger partial charge in [0.2, 0.25) is 0 Å². The Labute approximate surface area is 157 Å². The van der Waals surface area contributed by atoms with Crippen LogP contribution in [0.5, 0.6) is 17.2 Å². The number of nitrogens with one attached hydrogen (secondary N) is 1. The molecule has 0 bridgehead atoms. The zero-order valence-corrected chi connectivity index (χ0v) is 15.9. The lowest BCUT2D eigenvalue weighted by atomic mass is 10.3. The summed E-state index contributed by atoms with van der Waals surface area (Å²) in [4.78, 5) is 9.97. The van der Waals surface area contributed by atoms with Crippen LogP contribution in [-0.4, -0.2) is 33.7 Å². The number of nitro benzene ring substituents is 1. The van der Waals surface area contributed by atoms with Gasteiger partial charge >= 0.3 is 0 Å².